The summed E-state index contributed by atoms with van der Waals surface area (Å²) in [4.78, 5) is 2.73. The van der Waals surface area contributed by atoms with Gasteiger partial charge in [-0.3, -0.25) is 0 Å². The predicted octanol–water partition coefficient (Wildman–Crippen LogP) is 2.56. The molecule has 1 N–H and O–H groups in total. The SMILES string of the molecule is C=CC(C)NC1CCN(C2CCCC2)CC1. The van der Waals surface area contributed by atoms with Gasteiger partial charge in [-0.1, -0.05) is 18.9 Å². The first kappa shape index (κ1) is 12.1. The smallest absolute Gasteiger partial charge is 0.0221 e. The van der Waals surface area contributed by atoms with Crippen molar-refractivity contribution in [3.63, 3.8) is 0 Å². The highest BCUT2D eigenvalue weighted by molar-refractivity contribution is 4.88. The van der Waals surface area contributed by atoms with Gasteiger partial charge in [0.2, 0.25) is 0 Å². The lowest BCUT2D eigenvalue weighted by Crippen LogP contribution is -2.47. The second kappa shape index (κ2) is 5.83. The summed E-state index contributed by atoms with van der Waals surface area (Å²) < 4.78 is 0. The van der Waals surface area contributed by atoms with Crippen LogP contribution in [0.4, 0.5) is 0 Å². The van der Waals surface area contributed by atoms with Crippen molar-refractivity contribution in [1.82, 2.24) is 10.2 Å². The van der Waals surface area contributed by atoms with Crippen molar-refractivity contribution in [3.8, 4) is 0 Å². The number of nitrogens with zero attached hydrogens (tertiary/aromatic N) is 1. The molecule has 1 atom stereocenters. The Morgan fingerprint density at radius 3 is 2.38 bits per heavy atom. The van der Waals surface area contributed by atoms with E-state index in [1.807, 2.05) is 6.08 Å². The van der Waals surface area contributed by atoms with Gasteiger partial charge in [0, 0.05) is 18.1 Å². The molecule has 1 aliphatic heterocycles. The summed E-state index contributed by atoms with van der Waals surface area (Å²) in [5, 5.41) is 3.63. The topological polar surface area (TPSA) is 15.3 Å². The Balaban J connectivity index is 1.71. The first-order chi connectivity index (χ1) is 7.79. The summed E-state index contributed by atoms with van der Waals surface area (Å²) in [5.41, 5.74) is 0. The maximum absolute atomic E-state index is 3.83. The van der Waals surface area contributed by atoms with Crippen LogP contribution < -0.4 is 5.32 Å². The number of likely N-dealkylation sites (tertiary alicyclic amines) is 1. The molecule has 0 bridgehead atoms. The maximum Gasteiger partial charge on any atom is 0.0221 e. The number of hydrogen-bond acceptors (Lipinski definition) is 2. The summed E-state index contributed by atoms with van der Waals surface area (Å²) in [6.45, 7) is 8.62. The van der Waals surface area contributed by atoms with Crippen molar-refractivity contribution >= 4 is 0 Å². The summed E-state index contributed by atoms with van der Waals surface area (Å²) >= 11 is 0. The lowest BCUT2D eigenvalue weighted by Gasteiger charge is -2.37. The number of nitrogens with one attached hydrogen (secondary N) is 1. The zero-order chi connectivity index (χ0) is 11.4. The molecular formula is C14H26N2. The third kappa shape index (κ3) is 3.08. The molecule has 2 aliphatic rings. The Bertz CT molecular complexity index is 213. The lowest BCUT2D eigenvalue weighted by molar-refractivity contribution is 0.143. The summed E-state index contributed by atoms with van der Waals surface area (Å²) in [5.74, 6) is 0. The average Bonchev–Trinajstić information content (AvgIpc) is 2.83. The van der Waals surface area contributed by atoms with Crippen LogP contribution in [0.5, 0.6) is 0 Å². The van der Waals surface area contributed by atoms with Gasteiger partial charge in [-0.15, -0.1) is 6.58 Å². The van der Waals surface area contributed by atoms with Crippen LogP contribution >= 0.6 is 0 Å². The number of hydrogen-bond donors (Lipinski definition) is 1. The van der Waals surface area contributed by atoms with Gasteiger partial charge in [-0.25, -0.2) is 0 Å². The fourth-order valence-electron chi connectivity index (χ4n) is 3.14. The lowest BCUT2D eigenvalue weighted by atomic mass is 10.0. The molecule has 0 amide bonds. The Morgan fingerprint density at radius 1 is 1.19 bits per heavy atom. The third-order valence-electron chi connectivity index (χ3n) is 4.22. The average molecular weight is 222 g/mol. The first-order valence-corrected chi connectivity index (χ1v) is 6.92. The van der Waals surface area contributed by atoms with E-state index < -0.39 is 0 Å². The number of rotatable bonds is 4. The van der Waals surface area contributed by atoms with Crippen LogP contribution in [0.3, 0.4) is 0 Å². The van der Waals surface area contributed by atoms with Crippen LogP contribution in [0, 0.1) is 0 Å². The molecule has 2 heteroatoms. The molecule has 0 aromatic rings. The zero-order valence-electron chi connectivity index (χ0n) is 10.6. The van der Waals surface area contributed by atoms with E-state index in [9.17, 15) is 0 Å². The molecule has 1 aliphatic carbocycles. The number of piperidine rings is 1. The third-order valence-corrected chi connectivity index (χ3v) is 4.22. The second-order valence-corrected chi connectivity index (χ2v) is 5.44. The van der Waals surface area contributed by atoms with Crippen LogP contribution in [0.1, 0.15) is 45.4 Å². The molecule has 2 rings (SSSR count). The quantitative estimate of drug-likeness (QED) is 0.735. The van der Waals surface area contributed by atoms with Crippen molar-refractivity contribution in [2.45, 2.75) is 63.6 Å². The van der Waals surface area contributed by atoms with Crippen LogP contribution in [-0.4, -0.2) is 36.1 Å². The Kier molecular flexibility index (Phi) is 4.42. The fraction of sp³-hybridized carbons (Fsp3) is 0.857. The van der Waals surface area contributed by atoms with E-state index in [2.05, 4.69) is 23.7 Å². The van der Waals surface area contributed by atoms with Crippen LogP contribution in [-0.2, 0) is 0 Å². The van der Waals surface area contributed by atoms with Gasteiger partial charge in [0.1, 0.15) is 0 Å². The molecule has 1 unspecified atom stereocenters. The van der Waals surface area contributed by atoms with E-state index in [0.717, 1.165) is 6.04 Å². The molecule has 1 saturated heterocycles. The molecule has 0 aromatic heterocycles. The normalized spacial score (nSPS) is 27.1. The molecule has 0 aromatic carbocycles. The standard InChI is InChI=1S/C14H26N2/c1-3-12(2)15-13-8-10-16(11-9-13)14-6-4-5-7-14/h3,12-15H,1,4-11H2,2H3. The Morgan fingerprint density at radius 2 is 1.81 bits per heavy atom. The van der Waals surface area contributed by atoms with Gasteiger partial charge >= 0.3 is 0 Å². The van der Waals surface area contributed by atoms with E-state index in [0.29, 0.717) is 12.1 Å². The van der Waals surface area contributed by atoms with Crippen molar-refractivity contribution in [3.05, 3.63) is 12.7 Å². The molecule has 1 saturated carbocycles. The largest absolute Gasteiger partial charge is 0.308 e. The summed E-state index contributed by atoms with van der Waals surface area (Å²) in [6, 6.07) is 2.09. The second-order valence-electron chi connectivity index (χ2n) is 5.44. The van der Waals surface area contributed by atoms with Crippen LogP contribution in [0.25, 0.3) is 0 Å². The van der Waals surface area contributed by atoms with Gasteiger partial charge in [0.15, 0.2) is 0 Å². The highest BCUT2D eigenvalue weighted by Gasteiger charge is 2.26. The molecule has 2 fully saturated rings. The van der Waals surface area contributed by atoms with Crippen molar-refractivity contribution in [1.29, 1.82) is 0 Å². The highest BCUT2D eigenvalue weighted by atomic mass is 15.2. The molecule has 92 valence electrons. The Labute approximate surface area is 100 Å². The molecule has 1 heterocycles. The molecule has 0 spiro atoms. The molecular weight excluding hydrogens is 196 g/mol. The predicted molar refractivity (Wildman–Crippen MR) is 69.6 cm³/mol. The zero-order valence-corrected chi connectivity index (χ0v) is 10.6. The molecule has 2 nitrogen and oxygen atoms in total. The minimum absolute atomic E-state index is 0.461. The minimum atomic E-state index is 0.461. The molecule has 0 radical (unpaired) electrons. The first-order valence-electron chi connectivity index (χ1n) is 6.92. The van der Waals surface area contributed by atoms with Crippen molar-refractivity contribution < 1.29 is 0 Å². The van der Waals surface area contributed by atoms with E-state index in [4.69, 9.17) is 0 Å². The van der Waals surface area contributed by atoms with Crippen molar-refractivity contribution in [2.24, 2.45) is 0 Å². The Hall–Kier alpha value is -0.340. The molecule has 16 heavy (non-hydrogen) atoms. The maximum atomic E-state index is 3.83. The summed E-state index contributed by atoms with van der Waals surface area (Å²) in [7, 11) is 0. The van der Waals surface area contributed by atoms with Gasteiger partial charge in [-0.2, -0.15) is 0 Å². The van der Waals surface area contributed by atoms with E-state index in [1.54, 1.807) is 0 Å². The van der Waals surface area contributed by atoms with E-state index in [-0.39, 0.29) is 0 Å². The monoisotopic (exact) mass is 222 g/mol. The van der Waals surface area contributed by atoms with Crippen LogP contribution in [0.2, 0.25) is 0 Å². The minimum Gasteiger partial charge on any atom is -0.308 e. The van der Waals surface area contributed by atoms with Gasteiger partial charge in [0.05, 0.1) is 0 Å². The van der Waals surface area contributed by atoms with E-state index in [1.165, 1.54) is 51.6 Å². The summed E-state index contributed by atoms with van der Waals surface area (Å²) in [6.07, 6.45) is 10.4. The van der Waals surface area contributed by atoms with E-state index >= 15 is 0 Å². The van der Waals surface area contributed by atoms with Crippen molar-refractivity contribution in [2.75, 3.05) is 13.1 Å². The van der Waals surface area contributed by atoms with Gasteiger partial charge < -0.3 is 10.2 Å². The highest BCUT2D eigenvalue weighted by Crippen LogP contribution is 2.26. The fourth-order valence-corrected chi connectivity index (χ4v) is 3.14. The van der Waals surface area contributed by atoms with Gasteiger partial charge in [0.25, 0.3) is 0 Å². The van der Waals surface area contributed by atoms with Crippen LogP contribution in [0.15, 0.2) is 12.7 Å². The van der Waals surface area contributed by atoms with Gasteiger partial charge in [-0.05, 0) is 45.7 Å².